The summed E-state index contributed by atoms with van der Waals surface area (Å²) in [5, 5.41) is 7.14. The van der Waals surface area contributed by atoms with Gasteiger partial charge in [0.2, 0.25) is 5.95 Å². The third-order valence-corrected chi connectivity index (χ3v) is 11.5. The average molecular weight is 741 g/mol. The summed E-state index contributed by atoms with van der Waals surface area (Å²) in [5.74, 6) is 0.610. The zero-order valence-corrected chi connectivity index (χ0v) is 31.2. The van der Waals surface area contributed by atoms with E-state index < -0.39 is 0 Å². The molecule has 6 aromatic carbocycles. The first-order valence-corrected chi connectivity index (χ1v) is 19.5. The van der Waals surface area contributed by atoms with Crippen LogP contribution in [0.2, 0.25) is 0 Å². The van der Waals surface area contributed by atoms with Gasteiger partial charge in [-0.05, 0) is 60.0 Å². The van der Waals surface area contributed by atoms with E-state index in [1.165, 1.54) is 27.2 Å². The molecule has 12 rings (SSSR count). The summed E-state index contributed by atoms with van der Waals surface area (Å²) in [5.41, 5.74) is 13.2. The Labute approximate surface area is 333 Å². The highest BCUT2D eigenvalue weighted by Gasteiger charge is 2.22. The van der Waals surface area contributed by atoms with Gasteiger partial charge in [0, 0.05) is 61.6 Å². The number of hydrogen-bond acceptors (Lipinski definition) is 4. The van der Waals surface area contributed by atoms with E-state index in [0.29, 0.717) is 5.95 Å². The first-order valence-electron chi connectivity index (χ1n) is 19.5. The molecule has 0 aliphatic rings. The van der Waals surface area contributed by atoms with Crippen molar-refractivity contribution in [2.45, 2.75) is 0 Å². The zero-order valence-electron chi connectivity index (χ0n) is 31.2. The van der Waals surface area contributed by atoms with Crippen LogP contribution in [0.3, 0.4) is 0 Å². The van der Waals surface area contributed by atoms with Gasteiger partial charge in [-0.25, -0.2) is 9.97 Å². The number of fused-ring (bicyclic) bond motifs is 12. The van der Waals surface area contributed by atoms with Crippen LogP contribution in [0.25, 0.3) is 111 Å². The van der Waals surface area contributed by atoms with Crippen molar-refractivity contribution >= 4 is 59.9 Å². The van der Waals surface area contributed by atoms with Gasteiger partial charge < -0.3 is 4.40 Å². The van der Waals surface area contributed by atoms with Crippen LogP contribution in [0.1, 0.15) is 0 Å². The Morgan fingerprint density at radius 2 is 0.776 bits per heavy atom. The van der Waals surface area contributed by atoms with E-state index >= 15 is 0 Å². The molecule has 0 atom stereocenters. The number of rotatable bonds is 5. The van der Waals surface area contributed by atoms with Gasteiger partial charge in [0.25, 0.3) is 0 Å². The summed E-state index contributed by atoms with van der Waals surface area (Å²) in [6.45, 7) is 0. The number of aromatic nitrogens is 6. The molecule has 6 heterocycles. The third kappa shape index (κ3) is 4.98. The number of pyridine rings is 3. The minimum absolute atomic E-state index is 0.610. The predicted molar refractivity (Wildman–Crippen MR) is 237 cm³/mol. The summed E-state index contributed by atoms with van der Waals surface area (Å²) in [6, 6.07) is 64.0. The van der Waals surface area contributed by atoms with Crippen molar-refractivity contribution in [3.63, 3.8) is 0 Å². The minimum Gasteiger partial charge on any atom is -0.309 e. The highest BCUT2D eigenvalue weighted by molar-refractivity contribution is 6.22. The maximum Gasteiger partial charge on any atom is 0.235 e. The highest BCUT2D eigenvalue weighted by Crippen LogP contribution is 2.41. The van der Waals surface area contributed by atoms with Crippen LogP contribution in [0.5, 0.6) is 0 Å². The molecule has 6 aromatic heterocycles. The molecule has 0 aliphatic heterocycles. The van der Waals surface area contributed by atoms with Crippen LogP contribution in [-0.4, -0.2) is 28.9 Å². The van der Waals surface area contributed by atoms with Crippen molar-refractivity contribution in [2.24, 2.45) is 0 Å². The molecule has 6 nitrogen and oxygen atoms in total. The van der Waals surface area contributed by atoms with Crippen molar-refractivity contribution in [3.05, 3.63) is 194 Å². The van der Waals surface area contributed by atoms with Crippen LogP contribution in [0.15, 0.2) is 194 Å². The quantitative estimate of drug-likeness (QED) is 0.165. The van der Waals surface area contributed by atoms with Crippen molar-refractivity contribution < 1.29 is 0 Å². The number of para-hydroxylation sites is 2. The van der Waals surface area contributed by atoms with Crippen molar-refractivity contribution in [2.75, 3.05) is 0 Å². The van der Waals surface area contributed by atoms with Gasteiger partial charge in [-0.3, -0.25) is 14.5 Å². The SMILES string of the molecule is c1ccc(-c2ccc(-c3cc(-c4ccc(-c5ccccn5)cc4)nc(-n4c5ccccc5c5ccc6c(cc7c8ccccc8c8ccccc8n76)c54)n3)cc2)nc1. The fourth-order valence-electron chi connectivity index (χ4n) is 8.76. The van der Waals surface area contributed by atoms with Gasteiger partial charge in [-0.2, -0.15) is 0 Å². The third-order valence-electron chi connectivity index (χ3n) is 11.5. The molecular formula is C52H32N6. The minimum atomic E-state index is 0.610. The topological polar surface area (TPSA) is 60.9 Å². The van der Waals surface area contributed by atoms with E-state index in [2.05, 4.69) is 165 Å². The molecule has 0 amide bonds. The first-order chi connectivity index (χ1) is 28.8. The van der Waals surface area contributed by atoms with Gasteiger partial charge in [-0.1, -0.05) is 127 Å². The van der Waals surface area contributed by atoms with Crippen molar-refractivity contribution in [3.8, 4) is 51.0 Å². The highest BCUT2D eigenvalue weighted by atomic mass is 15.2. The lowest BCUT2D eigenvalue weighted by atomic mass is 10.0. The Morgan fingerprint density at radius 3 is 1.34 bits per heavy atom. The average Bonchev–Trinajstić information content (AvgIpc) is 3.87. The Bertz CT molecular complexity index is 3430. The second kappa shape index (κ2) is 12.8. The van der Waals surface area contributed by atoms with E-state index in [0.717, 1.165) is 77.7 Å². The van der Waals surface area contributed by atoms with Crippen LogP contribution < -0.4 is 0 Å². The number of nitrogens with zero attached hydrogens (tertiary/aromatic N) is 6. The van der Waals surface area contributed by atoms with Gasteiger partial charge in [0.15, 0.2) is 0 Å². The van der Waals surface area contributed by atoms with E-state index in [4.69, 9.17) is 9.97 Å². The first kappa shape index (κ1) is 32.3. The second-order valence-electron chi connectivity index (χ2n) is 14.7. The van der Waals surface area contributed by atoms with Crippen LogP contribution in [0, 0.1) is 0 Å². The molecule has 58 heavy (non-hydrogen) atoms. The van der Waals surface area contributed by atoms with Crippen LogP contribution in [0.4, 0.5) is 0 Å². The van der Waals surface area contributed by atoms with Crippen molar-refractivity contribution in [1.29, 1.82) is 0 Å². The fourth-order valence-corrected chi connectivity index (χ4v) is 8.76. The van der Waals surface area contributed by atoms with E-state index in [9.17, 15) is 0 Å². The fraction of sp³-hybridized carbons (Fsp3) is 0. The van der Waals surface area contributed by atoms with Gasteiger partial charge in [-0.15, -0.1) is 0 Å². The Morgan fingerprint density at radius 1 is 0.310 bits per heavy atom. The van der Waals surface area contributed by atoms with Crippen molar-refractivity contribution in [1.82, 2.24) is 28.9 Å². The standard InChI is InChI=1S/C52H32N6/c1-2-13-39-37(11-1)38-12-3-5-17-47(38)57-49-28-27-41-40-14-4-6-18-48(40)58(51(41)42(49)31-50(39)57)52-55-45(35-23-19-33(20-24-35)43-15-7-9-29-53-43)32-46(56-52)36-25-21-34(22-26-36)44-16-8-10-30-54-44/h1-32H. The molecule has 12 aromatic rings. The molecule has 0 radical (unpaired) electrons. The van der Waals surface area contributed by atoms with Gasteiger partial charge in [0.05, 0.1) is 50.4 Å². The predicted octanol–water partition coefficient (Wildman–Crippen LogP) is 12.7. The summed E-state index contributed by atoms with van der Waals surface area (Å²) >= 11 is 0. The molecule has 0 N–H and O–H groups in total. The molecule has 0 fully saturated rings. The smallest absolute Gasteiger partial charge is 0.235 e. The molecular weight excluding hydrogens is 709 g/mol. The lowest BCUT2D eigenvalue weighted by Crippen LogP contribution is -2.04. The molecule has 0 saturated carbocycles. The lowest BCUT2D eigenvalue weighted by molar-refractivity contribution is 0.998. The molecule has 0 aliphatic carbocycles. The maximum absolute atomic E-state index is 5.42. The maximum atomic E-state index is 5.42. The number of benzene rings is 6. The van der Waals surface area contributed by atoms with E-state index in [-0.39, 0.29) is 0 Å². The monoisotopic (exact) mass is 740 g/mol. The Kier molecular flexibility index (Phi) is 7.13. The van der Waals surface area contributed by atoms with Gasteiger partial charge in [0.1, 0.15) is 0 Å². The largest absolute Gasteiger partial charge is 0.309 e. The summed E-state index contributed by atoms with van der Waals surface area (Å²) < 4.78 is 4.69. The summed E-state index contributed by atoms with van der Waals surface area (Å²) in [4.78, 5) is 20.0. The van der Waals surface area contributed by atoms with Gasteiger partial charge >= 0.3 is 0 Å². The molecule has 270 valence electrons. The molecule has 0 spiro atoms. The second-order valence-corrected chi connectivity index (χ2v) is 14.7. The Balaban J connectivity index is 1.14. The van der Waals surface area contributed by atoms with Crippen LogP contribution >= 0.6 is 0 Å². The van der Waals surface area contributed by atoms with E-state index in [1.807, 2.05) is 48.8 Å². The summed E-state index contributed by atoms with van der Waals surface area (Å²) in [7, 11) is 0. The molecule has 6 heteroatoms. The number of hydrogen-bond donors (Lipinski definition) is 0. The zero-order chi connectivity index (χ0) is 38.2. The van der Waals surface area contributed by atoms with E-state index in [1.54, 1.807) is 0 Å². The molecule has 0 saturated heterocycles. The molecule has 0 bridgehead atoms. The van der Waals surface area contributed by atoms with Crippen LogP contribution in [-0.2, 0) is 0 Å². The summed E-state index contributed by atoms with van der Waals surface area (Å²) in [6.07, 6.45) is 3.65. The normalized spacial score (nSPS) is 11.8. The Hall–Kier alpha value is -7.96. The molecule has 0 unspecified atom stereocenters. The lowest BCUT2D eigenvalue weighted by Gasteiger charge is -2.13.